The maximum atomic E-state index is 13.9. The highest BCUT2D eigenvalue weighted by Crippen LogP contribution is 2.13. The molecule has 1 aromatic rings. The summed E-state index contributed by atoms with van der Waals surface area (Å²) in [6.45, 7) is 6.55. The number of halogens is 1. The SMILES string of the molecule is CCCN(CC)Cc1ccc(/C(N)=N/O)cc1F. The smallest absolute Gasteiger partial charge is 0.170 e. The van der Waals surface area contributed by atoms with Gasteiger partial charge in [-0.05, 0) is 25.6 Å². The fraction of sp³-hybridized carbons (Fsp3) is 0.462. The second-order valence-electron chi connectivity index (χ2n) is 4.16. The third-order valence-corrected chi connectivity index (χ3v) is 2.84. The van der Waals surface area contributed by atoms with E-state index in [4.69, 9.17) is 10.9 Å². The van der Waals surface area contributed by atoms with Crippen LogP contribution in [0.2, 0.25) is 0 Å². The van der Waals surface area contributed by atoms with Gasteiger partial charge in [0, 0.05) is 17.7 Å². The number of oxime groups is 1. The molecule has 0 amide bonds. The van der Waals surface area contributed by atoms with Crippen LogP contribution in [0.25, 0.3) is 0 Å². The molecule has 0 aliphatic rings. The first-order valence-corrected chi connectivity index (χ1v) is 6.11. The molecule has 1 rings (SSSR count). The zero-order valence-corrected chi connectivity index (χ0v) is 10.9. The highest BCUT2D eigenvalue weighted by Gasteiger charge is 2.09. The minimum Gasteiger partial charge on any atom is -0.409 e. The summed E-state index contributed by atoms with van der Waals surface area (Å²) in [5, 5.41) is 11.4. The summed E-state index contributed by atoms with van der Waals surface area (Å²) in [6.07, 6.45) is 1.04. The summed E-state index contributed by atoms with van der Waals surface area (Å²) in [4.78, 5) is 2.17. The molecule has 0 bridgehead atoms. The molecular formula is C13H20FN3O. The molecule has 0 fully saturated rings. The predicted molar refractivity (Wildman–Crippen MR) is 70.2 cm³/mol. The standard InChI is InChI=1S/C13H20FN3O/c1-3-7-17(4-2)9-11-6-5-10(8-12(11)14)13(15)16-18/h5-6,8,18H,3-4,7,9H2,1-2H3,(H2,15,16). The Balaban J connectivity index is 2.85. The van der Waals surface area contributed by atoms with E-state index in [0.29, 0.717) is 17.7 Å². The Bertz CT molecular complexity index is 421. The van der Waals surface area contributed by atoms with Crippen molar-refractivity contribution >= 4 is 5.84 Å². The third kappa shape index (κ3) is 3.70. The number of hydrogen-bond donors (Lipinski definition) is 2. The maximum absolute atomic E-state index is 13.9. The average Bonchev–Trinajstić information content (AvgIpc) is 2.39. The number of amidine groups is 1. The molecule has 4 nitrogen and oxygen atoms in total. The van der Waals surface area contributed by atoms with E-state index < -0.39 is 0 Å². The molecule has 0 aliphatic heterocycles. The number of rotatable bonds is 6. The monoisotopic (exact) mass is 253 g/mol. The van der Waals surface area contributed by atoms with Gasteiger partial charge in [-0.25, -0.2) is 4.39 Å². The summed E-state index contributed by atoms with van der Waals surface area (Å²) in [7, 11) is 0. The van der Waals surface area contributed by atoms with Gasteiger partial charge < -0.3 is 10.9 Å². The average molecular weight is 253 g/mol. The molecule has 0 spiro atoms. The van der Waals surface area contributed by atoms with Crippen LogP contribution < -0.4 is 5.73 Å². The quantitative estimate of drug-likeness (QED) is 0.353. The first-order valence-electron chi connectivity index (χ1n) is 6.11. The van der Waals surface area contributed by atoms with Crippen molar-refractivity contribution in [2.24, 2.45) is 10.9 Å². The second kappa shape index (κ2) is 6.96. The van der Waals surface area contributed by atoms with Crippen molar-refractivity contribution in [3.8, 4) is 0 Å². The highest BCUT2D eigenvalue weighted by atomic mass is 19.1. The van der Waals surface area contributed by atoms with Gasteiger partial charge in [0.1, 0.15) is 5.82 Å². The molecule has 0 aromatic heterocycles. The first-order chi connectivity index (χ1) is 8.62. The molecule has 100 valence electrons. The number of benzene rings is 1. The zero-order chi connectivity index (χ0) is 13.5. The van der Waals surface area contributed by atoms with Crippen LogP contribution in [0.3, 0.4) is 0 Å². The fourth-order valence-corrected chi connectivity index (χ4v) is 1.80. The van der Waals surface area contributed by atoms with Crippen molar-refractivity contribution < 1.29 is 9.60 Å². The Labute approximate surface area is 107 Å². The molecule has 0 saturated heterocycles. The van der Waals surface area contributed by atoms with Crippen molar-refractivity contribution in [1.29, 1.82) is 0 Å². The van der Waals surface area contributed by atoms with Gasteiger partial charge in [-0.2, -0.15) is 0 Å². The van der Waals surface area contributed by atoms with E-state index in [-0.39, 0.29) is 11.7 Å². The van der Waals surface area contributed by atoms with Crippen LogP contribution in [-0.4, -0.2) is 29.0 Å². The van der Waals surface area contributed by atoms with Gasteiger partial charge >= 0.3 is 0 Å². The number of nitrogens with two attached hydrogens (primary N) is 1. The Kier molecular flexibility index (Phi) is 5.58. The van der Waals surface area contributed by atoms with Crippen molar-refractivity contribution in [2.75, 3.05) is 13.1 Å². The number of nitrogens with zero attached hydrogens (tertiary/aromatic N) is 2. The van der Waals surface area contributed by atoms with Crippen LogP contribution in [0.4, 0.5) is 4.39 Å². The van der Waals surface area contributed by atoms with Gasteiger partial charge in [0.05, 0.1) is 0 Å². The molecule has 3 N–H and O–H groups in total. The Morgan fingerprint density at radius 3 is 2.67 bits per heavy atom. The summed E-state index contributed by atoms with van der Waals surface area (Å²) in [5.41, 5.74) is 6.42. The lowest BCUT2D eigenvalue weighted by atomic mass is 10.1. The lowest BCUT2D eigenvalue weighted by Crippen LogP contribution is -2.24. The van der Waals surface area contributed by atoms with E-state index in [1.807, 2.05) is 0 Å². The summed E-state index contributed by atoms with van der Waals surface area (Å²) in [5.74, 6) is -0.407. The summed E-state index contributed by atoms with van der Waals surface area (Å²) >= 11 is 0. The molecule has 18 heavy (non-hydrogen) atoms. The van der Waals surface area contributed by atoms with Crippen molar-refractivity contribution in [2.45, 2.75) is 26.8 Å². The van der Waals surface area contributed by atoms with Crippen molar-refractivity contribution in [3.63, 3.8) is 0 Å². The van der Waals surface area contributed by atoms with Crippen molar-refractivity contribution in [1.82, 2.24) is 4.90 Å². The van der Waals surface area contributed by atoms with Crippen LogP contribution in [-0.2, 0) is 6.54 Å². The Hall–Kier alpha value is -1.62. The minimum atomic E-state index is -0.325. The summed E-state index contributed by atoms with van der Waals surface area (Å²) in [6, 6.07) is 4.64. The Morgan fingerprint density at radius 2 is 2.17 bits per heavy atom. The number of hydrogen-bond acceptors (Lipinski definition) is 3. The van der Waals surface area contributed by atoms with Gasteiger partial charge in [-0.3, -0.25) is 4.90 Å². The molecular weight excluding hydrogens is 233 g/mol. The van der Waals surface area contributed by atoms with Crippen molar-refractivity contribution in [3.05, 3.63) is 35.1 Å². The molecule has 0 unspecified atom stereocenters. The van der Waals surface area contributed by atoms with Gasteiger partial charge in [0.2, 0.25) is 0 Å². The van der Waals surface area contributed by atoms with Gasteiger partial charge in [-0.15, -0.1) is 0 Å². The largest absolute Gasteiger partial charge is 0.409 e. The van der Waals surface area contributed by atoms with Gasteiger partial charge in [-0.1, -0.05) is 31.1 Å². The lowest BCUT2D eigenvalue weighted by Gasteiger charge is -2.20. The fourth-order valence-electron chi connectivity index (χ4n) is 1.80. The second-order valence-corrected chi connectivity index (χ2v) is 4.16. The maximum Gasteiger partial charge on any atom is 0.170 e. The molecule has 0 aliphatic carbocycles. The molecule has 1 aromatic carbocycles. The highest BCUT2D eigenvalue weighted by molar-refractivity contribution is 5.97. The van der Waals surface area contributed by atoms with E-state index in [1.54, 1.807) is 12.1 Å². The van der Waals surface area contributed by atoms with Crippen LogP contribution in [0.1, 0.15) is 31.4 Å². The minimum absolute atomic E-state index is 0.0821. The van der Waals surface area contributed by atoms with E-state index in [1.165, 1.54) is 6.07 Å². The van der Waals surface area contributed by atoms with Crippen LogP contribution in [0, 0.1) is 5.82 Å². The molecule has 0 saturated carbocycles. The molecule has 0 heterocycles. The van der Waals surface area contributed by atoms with E-state index in [0.717, 1.165) is 19.5 Å². The first kappa shape index (κ1) is 14.4. The Morgan fingerprint density at radius 1 is 1.44 bits per heavy atom. The van der Waals surface area contributed by atoms with E-state index in [2.05, 4.69) is 23.9 Å². The third-order valence-electron chi connectivity index (χ3n) is 2.84. The van der Waals surface area contributed by atoms with Crippen LogP contribution in [0.5, 0.6) is 0 Å². The molecule has 0 atom stereocenters. The molecule has 0 radical (unpaired) electrons. The lowest BCUT2D eigenvalue weighted by molar-refractivity contribution is 0.276. The van der Waals surface area contributed by atoms with E-state index >= 15 is 0 Å². The van der Waals surface area contributed by atoms with E-state index in [9.17, 15) is 4.39 Å². The molecule has 5 heteroatoms. The van der Waals surface area contributed by atoms with Gasteiger partial charge in [0.15, 0.2) is 5.84 Å². The topological polar surface area (TPSA) is 61.8 Å². The summed E-state index contributed by atoms with van der Waals surface area (Å²) < 4.78 is 13.9. The normalized spacial score (nSPS) is 12.1. The van der Waals surface area contributed by atoms with Crippen LogP contribution in [0.15, 0.2) is 23.4 Å². The zero-order valence-electron chi connectivity index (χ0n) is 10.9. The van der Waals surface area contributed by atoms with Crippen LogP contribution >= 0.6 is 0 Å². The van der Waals surface area contributed by atoms with Gasteiger partial charge in [0.25, 0.3) is 0 Å². The predicted octanol–water partition coefficient (Wildman–Crippen LogP) is 2.15.